The minimum absolute atomic E-state index is 0.0502. The molecule has 1 aromatic carbocycles. The van der Waals surface area contributed by atoms with Gasteiger partial charge in [0.1, 0.15) is 5.82 Å². The number of benzene rings is 1. The quantitative estimate of drug-likeness (QED) is 0.726. The Morgan fingerprint density at radius 1 is 1.45 bits per heavy atom. The van der Waals surface area contributed by atoms with E-state index < -0.39 is 0 Å². The molecule has 0 aliphatic rings. The lowest BCUT2D eigenvalue weighted by molar-refractivity contribution is -0.122. The first-order chi connectivity index (χ1) is 9.50. The molecule has 1 unspecified atom stereocenters. The molecule has 1 aromatic rings. The molecular weight excluding hydrogens is 277 g/mol. The maximum absolute atomic E-state index is 13.4. The number of amides is 1. The molecule has 0 radical (unpaired) electrons. The summed E-state index contributed by atoms with van der Waals surface area (Å²) in [6.07, 6.45) is 1.63. The lowest BCUT2D eigenvalue weighted by Crippen LogP contribution is -2.46. The highest BCUT2D eigenvalue weighted by molar-refractivity contribution is 7.99. The molecule has 2 N–H and O–H groups in total. The lowest BCUT2D eigenvalue weighted by Gasteiger charge is -2.29. The molecule has 112 valence electrons. The van der Waals surface area contributed by atoms with Crippen LogP contribution in [-0.2, 0) is 4.79 Å². The number of thioether (sulfide) groups is 1. The minimum Gasteiger partial charge on any atom is -0.396 e. The Kier molecular flexibility index (Phi) is 7.02. The number of carbonyl (C=O) groups excluding carboxylic acids is 1. The SMILES string of the molecule is CCC(C)(CCO)NC(=O)CCSc1ccccc1F. The van der Waals surface area contributed by atoms with Crippen LogP contribution in [0.25, 0.3) is 0 Å². The Morgan fingerprint density at radius 2 is 2.15 bits per heavy atom. The van der Waals surface area contributed by atoms with Crippen LogP contribution in [-0.4, -0.2) is 28.9 Å². The van der Waals surface area contributed by atoms with Gasteiger partial charge in [0.25, 0.3) is 0 Å². The third-order valence-corrected chi connectivity index (χ3v) is 4.36. The summed E-state index contributed by atoms with van der Waals surface area (Å²) in [5.74, 6) is 0.217. The Bertz CT molecular complexity index is 442. The first-order valence-electron chi connectivity index (χ1n) is 6.80. The molecule has 0 bridgehead atoms. The van der Waals surface area contributed by atoms with Crippen molar-refractivity contribution in [2.45, 2.75) is 43.5 Å². The summed E-state index contributed by atoms with van der Waals surface area (Å²) in [6.45, 7) is 3.95. The highest BCUT2D eigenvalue weighted by atomic mass is 32.2. The molecule has 0 fully saturated rings. The Balaban J connectivity index is 2.38. The van der Waals surface area contributed by atoms with Crippen LogP contribution in [0, 0.1) is 5.82 Å². The van der Waals surface area contributed by atoms with E-state index in [1.165, 1.54) is 17.8 Å². The molecule has 0 spiro atoms. The van der Waals surface area contributed by atoms with Crippen LogP contribution in [0.3, 0.4) is 0 Å². The molecule has 20 heavy (non-hydrogen) atoms. The summed E-state index contributed by atoms with van der Waals surface area (Å²) in [7, 11) is 0. The Hall–Kier alpha value is -1.07. The summed E-state index contributed by atoms with van der Waals surface area (Å²) < 4.78 is 13.4. The van der Waals surface area contributed by atoms with E-state index in [1.807, 2.05) is 13.8 Å². The van der Waals surface area contributed by atoms with Crippen LogP contribution < -0.4 is 5.32 Å². The monoisotopic (exact) mass is 299 g/mol. The van der Waals surface area contributed by atoms with Crippen LogP contribution in [0.5, 0.6) is 0 Å². The maximum atomic E-state index is 13.4. The summed E-state index contributed by atoms with van der Waals surface area (Å²) in [5, 5.41) is 11.9. The van der Waals surface area contributed by atoms with Crippen LogP contribution in [0.1, 0.15) is 33.1 Å². The average molecular weight is 299 g/mol. The molecule has 1 rings (SSSR count). The van der Waals surface area contributed by atoms with Gasteiger partial charge in [0.2, 0.25) is 5.91 Å². The van der Waals surface area contributed by atoms with Crippen molar-refractivity contribution in [1.29, 1.82) is 0 Å². The molecule has 5 heteroatoms. The summed E-state index contributed by atoms with van der Waals surface area (Å²) in [6, 6.07) is 6.55. The van der Waals surface area contributed by atoms with Crippen LogP contribution >= 0.6 is 11.8 Å². The van der Waals surface area contributed by atoms with Crippen molar-refractivity contribution in [2.75, 3.05) is 12.4 Å². The molecule has 1 amide bonds. The van der Waals surface area contributed by atoms with Crippen LogP contribution in [0.4, 0.5) is 4.39 Å². The van der Waals surface area contributed by atoms with Crippen molar-refractivity contribution in [3.8, 4) is 0 Å². The van der Waals surface area contributed by atoms with Crippen molar-refractivity contribution in [1.82, 2.24) is 5.32 Å². The molecule has 0 heterocycles. The highest BCUT2D eigenvalue weighted by Crippen LogP contribution is 2.22. The number of carbonyl (C=O) groups is 1. The first kappa shape index (κ1) is 17.0. The molecular formula is C15H22FNO2S. The van der Waals surface area contributed by atoms with Gasteiger partial charge in [-0.3, -0.25) is 4.79 Å². The molecule has 0 aliphatic carbocycles. The fraction of sp³-hybridized carbons (Fsp3) is 0.533. The largest absolute Gasteiger partial charge is 0.396 e. The molecule has 1 atom stereocenters. The highest BCUT2D eigenvalue weighted by Gasteiger charge is 2.23. The number of rotatable bonds is 8. The fourth-order valence-electron chi connectivity index (χ4n) is 1.79. The van der Waals surface area contributed by atoms with E-state index in [1.54, 1.807) is 18.2 Å². The zero-order chi connectivity index (χ0) is 15.0. The number of halogens is 1. The van der Waals surface area contributed by atoms with Gasteiger partial charge in [-0.25, -0.2) is 4.39 Å². The van der Waals surface area contributed by atoms with Crippen LogP contribution in [0.15, 0.2) is 29.2 Å². The standard InChI is InChI=1S/C15H22FNO2S/c1-3-15(2,9-10-18)17-14(19)8-11-20-13-7-5-4-6-12(13)16/h4-7,18H,3,8-11H2,1-2H3,(H,17,19). The average Bonchev–Trinajstić information content (AvgIpc) is 2.41. The number of aliphatic hydroxyl groups excluding tert-OH is 1. The first-order valence-corrected chi connectivity index (χ1v) is 7.78. The second-order valence-corrected chi connectivity index (χ2v) is 6.10. The summed E-state index contributed by atoms with van der Waals surface area (Å²) in [4.78, 5) is 12.4. The van der Waals surface area contributed by atoms with Crippen LogP contribution in [0.2, 0.25) is 0 Å². The van der Waals surface area contributed by atoms with E-state index >= 15 is 0 Å². The molecule has 0 aliphatic heterocycles. The second-order valence-electron chi connectivity index (χ2n) is 4.96. The van der Waals surface area contributed by atoms with Gasteiger partial charge in [-0.05, 0) is 31.9 Å². The third-order valence-electron chi connectivity index (χ3n) is 3.31. The van der Waals surface area contributed by atoms with Gasteiger partial charge < -0.3 is 10.4 Å². The van der Waals surface area contributed by atoms with Crippen molar-refractivity contribution >= 4 is 17.7 Å². The van der Waals surface area contributed by atoms with Gasteiger partial charge in [-0.15, -0.1) is 11.8 Å². The van der Waals surface area contributed by atoms with E-state index in [9.17, 15) is 9.18 Å². The fourth-order valence-corrected chi connectivity index (χ4v) is 2.68. The van der Waals surface area contributed by atoms with Crippen molar-refractivity contribution in [2.24, 2.45) is 0 Å². The van der Waals surface area contributed by atoms with Gasteiger partial charge in [0.05, 0.1) is 0 Å². The predicted molar refractivity (Wildman–Crippen MR) is 80.3 cm³/mol. The predicted octanol–water partition coefficient (Wildman–Crippen LogP) is 2.98. The summed E-state index contributed by atoms with van der Waals surface area (Å²) >= 11 is 1.34. The van der Waals surface area contributed by atoms with Gasteiger partial charge in [0, 0.05) is 29.2 Å². The number of aliphatic hydroxyl groups is 1. The van der Waals surface area contributed by atoms with Gasteiger partial charge in [-0.2, -0.15) is 0 Å². The van der Waals surface area contributed by atoms with Gasteiger partial charge in [-0.1, -0.05) is 19.1 Å². The Morgan fingerprint density at radius 3 is 2.75 bits per heavy atom. The van der Waals surface area contributed by atoms with Crippen molar-refractivity contribution in [3.05, 3.63) is 30.1 Å². The van der Waals surface area contributed by atoms with E-state index in [0.717, 1.165) is 6.42 Å². The smallest absolute Gasteiger partial charge is 0.221 e. The van der Waals surface area contributed by atoms with E-state index in [0.29, 0.717) is 23.5 Å². The molecule has 0 aromatic heterocycles. The van der Waals surface area contributed by atoms with E-state index in [4.69, 9.17) is 5.11 Å². The molecule has 0 saturated carbocycles. The Labute approximate surface area is 124 Å². The lowest BCUT2D eigenvalue weighted by atomic mass is 9.95. The second kappa shape index (κ2) is 8.27. The maximum Gasteiger partial charge on any atom is 0.221 e. The van der Waals surface area contributed by atoms with Crippen molar-refractivity contribution < 1.29 is 14.3 Å². The zero-order valence-corrected chi connectivity index (χ0v) is 12.8. The number of hydrogen-bond acceptors (Lipinski definition) is 3. The summed E-state index contributed by atoms with van der Waals surface area (Å²) in [5.41, 5.74) is -0.367. The zero-order valence-electron chi connectivity index (χ0n) is 12.0. The normalized spacial score (nSPS) is 13.8. The number of hydrogen-bond donors (Lipinski definition) is 2. The topological polar surface area (TPSA) is 49.3 Å². The minimum atomic E-state index is -0.367. The third kappa shape index (κ3) is 5.51. The van der Waals surface area contributed by atoms with E-state index in [2.05, 4.69) is 5.32 Å². The van der Waals surface area contributed by atoms with E-state index in [-0.39, 0.29) is 23.9 Å². The van der Waals surface area contributed by atoms with Crippen molar-refractivity contribution in [3.63, 3.8) is 0 Å². The molecule has 0 saturated heterocycles. The van der Waals surface area contributed by atoms with Gasteiger partial charge >= 0.3 is 0 Å². The number of nitrogens with one attached hydrogen (secondary N) is 1. The molecule has 3 nitrogen and oxygen atoms in total. The van der Waals surface area contributed by atoms with Gasteiger partial charge in [0.15, 0.2) is 0 Å².